The van der Waals surface area contributed by atoms with Crippen molar-refractivity contribution in [1.29, 1.82) is 0 Å². The summed E-state index contributed by atoms with van der Waals surface area (Å²) in [6.45, 7) is 4.11. The van der Waals surface area contributed by atoms with Crippen LogP contribution in [-0.2, 0) is 5.11 Å². The maximum Gasteiger partial charge on any atom is 0.106 e. The molecule has 0 bridgehead atoms. The molecule has 1 saturated carbocycles. The summed E-state index contributed by atoms with van der Waals surface area (Å²) in [4.78, 5) is 0. The third-order valence-electron chi connectivity index (χ3n) is 2.75. The van der Waals surface area contributed by atoms with Gasteiger partial charge in [-0.25, -0.2) is 5.11 Å². The van der Waals surface area contributed by atoms with E-state index in [1.165, 1.54) is 6.42 Å². The third kappa shape index (κ3) is 1.51. The first-order valence-corrected chi connectivity index (χ1v) is 4.35. The van der Waals surface area contributed by atoms with E-state index < -0.39 is 5.60 Å². The van der Waals surface area contributed by atoms with Crippen molar-refractivity contribution < 1.29 is 5.11 Å². The normalized spacial score (nSPS) is 25.2. The highest BCUT2D eigenvalue weighted by Gasteiger charge is 2.34. The summed E-state index contributed by atoms with van der Waals surface area (Å²) in [6, 6.07) is 0. The summed E-state index contributed by atoms with van der Waals surface area (Å²) in [5, 5.41) is 11.8. The maximum atomic E-state index is 11.8. The lowest BCUT2D eigenvalue weighted by atomic mass is 9.77. The highest BCUT2D eigenvalue weighted by atomic mass is 16.3. The van der Waals surface area contributed by atoms with Gasteiger partial charge in [-0.15, -0.1) is 0 Å². The zero-order chi connectivity index (χ0) is 7.61. The minimum absolute atomic E-state index is 0.327. The van der Waals surface area contributed by atoms with E-state index in [-0.39, 0.29) is 0 Å². The Morgan fingerprint density at radius 1 is 1.10 bits per heavy atom. The number of hydrogen-bond acceptors (Lipinski definition) is 0. The summed E-state index contributed by atoms with van der Waals surface area (Å²) >= 11 is 0. The van der Waals surface area contributed by atoms with Gasteiger partial charge in [0.2, 0.25) is 0 Å². The van der Waals surface area contributed by atoms with Gasteiger partial charge >= 0.3 is 0 Å². The molecule has 0 amide bonds. The molecule has 0 saturated heterocycles. The average molecular weight is 141 g/mol. The third-order valence-corrected chi connectivity index (χ3v) is 2.75. The van der Waals surface area contributed by atoms with Crippen LogP contribution in [0.1, 0.15) is 46.0 Å². The van der Waals surface area contributed by atoms with Crippen molar-refractivity contribution in [3.63, 3.8) is 0 Å². The molecule has 0 aromatic carbocycles. The van der Waals surface area contributed by atoms with E-state index in [4.69, 9.17) is 0 Å². The first-order chi connectivity index (χ1) is 4.65. The molecule has 0 N–H and O–H groups in total. The Hall–Kier alpha value is -0.0400. The van der Waals surface area contributed by atoms with Crippen LogP contribution < -0.4 is 0 Å². The van der Waals surface area contributed by atoms with Crippen LogP contribution in [0.4, 0.5) is 0 Å². The Kier molecular flexibility index (Phi) is 2.35. The summed E-state index contributed by atoms with van der Waals surface area (Å²) in [7, 11) is 0. The summed E-state index contributed by atoms with van der Waals surface area (Å²) in [5.74, 6) is 0.327. The monoisotopic (exact) mass is 141 g/mol. The Bertz CT molecular complexity index is 101. The molecule has 1 rings (SSSR count). The van der Waals surface area contributed by atoms with Gasteiger partial charge in [-0.1, -0.05) is 33.1 Å². The molecular formula is C9H17O. The van der Waals surface area contributed by atoms with Gasteiger partial charge in [-0.05, 0) is 18.8 Å². The molecule has 1 radical (unpaired) electrons. The van der Waals surface area contributed by atoms with E-state index in [2.05, 4.69) is 13.8 Å². The molecule has 0 heterocycles. The second-order valence-electron chi connectivity index (χ2n) is 3.78. The first kappa shape index (κ1) is 8.06. The fourth-order valence-corrected chi connectivity index (χ4v) is 1.73. The second kappa shape index (κ2) is 2.91. The second-order valence-corrected chi connectivity index (χ2v) is 3.78. The lowest BCUT2D eigenvalue weighted by Crippen LogP contribution is -2.35. The molecule has 1 aliphatic carbocycles. The topological polar surface area (TPSA) is 19.9 Å². The van der Waals surface area contributed by atoms with Crippen molar-refractivity contribution in [3.05, 3.63) is 0 Å². The predicted octanol–water partition coefficient (Wildman–Crippen LogP) is 2.78. The van der Waals surface area contributed by atoms with E-state index in [0.29, 0.717) is 5.92 Å². The lowest BCUT2D eigenvalue weighted by molar-refractivity contribution is -0.0932. The largest absolute Gasteiger partial charge is 0.229 e. The van der Waals surface area contributed by atoms with Crippen molar-refractivity contribution in [2.45, 2.75) is 51.6 Å². The molecule has 1 heteroatoms. The van der Waals surface area contributed by atoms with Crippen LogP contribution in [0.15, 0.2) is 0 Å². The number of hydrogen-bond donors (Lipinski definition) is 0. The quantitative estimate of drug-likeness (QED) is 0.535. The van der Waals surface area contributed by atoms with E-state index in [1.807, 2.05) is 0 Å². The fraction of sp³-hybridized carbons (Fsp3) is 1.00. The van der Waals surface area contributed by atoms with Crippen LogP contribution in [0.5, 0.6) is 0 Å². The van der Waals surface area contributed by atoms with Gasteiger partial charge < -0.3 is 0 Å². The Morgan fingerprint density at radius 3 is 1.90 bits per heavy atom. The van der Waals surface area contributed by atoms with Gasteiger partial charge in [0, 0.05) is 0 Å². The zero-order valence-corrected chi connectivity index (χ0v) is 7.02. The van der Waals surface area contributed by atoms with Crippen molar-refractivity contribution >= 4 is 0 Å². The fourth-order valence-electron chi connectivity index (χ4n) is 1.73. The van der Waals surface area contributed by atoms with E-state index >= 15 is 0 Å². The van der Waals surface area contributed by atoms with Crippen LogP contribution in [0.25, 0.3) is 0 Å². The van der Waals surface area contributed by atoms with Gasteiger partial charge in [0.1, 0.15) is 5.60 Å². The maximum absolute atomic E-state index is 11.8. The molecule has 59 valence electrons. The summed E-state index contributed by atoms with van der Waals surface area (Å²) in [6.07, 6.45) is 5.40. The number of rotatable bonds is 1. The standard InChI is InChI=1S/C9H17O/c1-8(2)9(10)6-4-3-5-7-9/h8H,3-7H2,1-2H3. The molecule has 0 spiro atoms. The molecule has 0 atom stereocenters. The zero-order valence-electron chi connectivity index (χ0n) is 7.02. The van der Waals surface area contributed by atoms with Crippen molar-refractivity contribution in [3.8, 4) is 0 Å². The van der Waals surface area contributed by atoms with E-state index in [9.17, 15) is 5.11 Å². The van der Waals surface area contributed by atoms with Gasteiger partial charge in [-0.3, -0.25) is 0 Å². The van der Waals surface area contributed by atoms with Crippen LogP contribution in [-0.4, -0.2) is 5.60 Å². The van der Waals surface area contributed by atoms with Gasteiger partial charge in [0.15, 0.2) is 0 Å². The van der Waals surface area contributed by atoms with Crippen LogP contribution in [0, 0.1) is 5.92 Å². The minimum atomic E-state index is -0.571. The molecule has 0 aromatic rings. The molecule has 1 aliphatic rings. The Balaban J connectivity index is 2.48. The van der Waals surface area contributed by atoms with Crippen LogP contribution in [0.2, 0.25) is 0 Å². The molecule has 10 heavy (non-hydrogen) atoms. The van der Waals surface area contributed by atoms with Crippen molar-refractivity contribution in [2.75, 3.05) is 0 Å². The minimum Gasteiger partial charge on any atom is -0.229 e. The van der Waals surface area contributed by atoms with E-state index in [1.54, 1.807) is 0 Å². The van der Waals surface area contributed by atoms with Gasteiger partial charge in [0.25, 0.3) is 0 Å². The lowest BCUT2D eigenvalue weighted by Gasteiger charge is -2.33. The summed E-state index contributed by atoms with van der Waals surface area (Å²) < 4.78 is 0. The van der Waals surface area contributed by atoms with Gasteiger partial charge in [0.05, 0.1) is 0 Å². The van der Waals surface area contributed by atoms with Crippen LogP contribution >= 0.6 is 0 Å². The highest BCUT2D eigenvalue weighted by molar-refractivity contribution is 4.84. The van der Waals surface area contributed by atoms with Crippen molar-refractivity contribution in [1.82, 2.24) is 0 Å². The summed E-state index contributed by atoms with van der Waals surface area (Å²) in [5.41, 5.74) is -0.571. The Labute approximate surface area is 63.4 Å². The highest BCUT2D eigenvalue weighted by Crippen LogP contribution is 2.34. The van der Waals surface area contributed by atoms with Crippen LogP contribution in [0.3, 0.4) is 0 Å². The van der Waals surface area contributed by atoms with Crippen molar-refractivity contribution in [2.24, 2.45) is 5.92 Å². The molecule has 1 fully saturated rings. The van der Waals surface area contributed by atoms with Gasteiger partial charge in [-0.2, -0.15) is 0 Å². The smallest absolute Gasteiger partial charge is 0.106 e. The molecular weight excluding hydrogens is 124 g/mol. The average Bonchev–Trinajstić information content (AvgIpc) is 1.89. The molecule has 0 aliphatic heterocycles. The SMILES string of the molecule is CC(C)C1([O])CCCCC1. The van der Waals surface area contributed by atoms with E-state index in [0.717, 1.165) is 25.7 Å². The Morgan fingerprint density at radius 2 is 1.60 bits per heavy atom. The predicted molar refractivity (Wildman–Crippen MR) is 41.3 cm³/mol. The first-order valence-electron chi connectivity index (χ1n) is 4.35. The molecule has 0 aromatic heterocycles. The molecule has 0 unspecified atom stereocenters. The molecule has 1 nitrogen and oxygen atoms in total.